The van der Waals surface area contributed by atoms with Gasteiger partial charge in [-0.2, -0.15) is 0 Å². The fourth-order valence-electron chi connectivity index (χ4n) is 2.51. The Labute approximate surface area is 195 Å². The van der Waals surface area contributed by atoms with E-state index in [-0.39, 0.29) is 31.9 Å². The number of para-hydroxylation sites is 4. The number of benzene rings is 4. The molecule has 31 heavy (non-hydrogen) atoms. The van der Waals surface area contributed by atoms with E-state index in [4.69, 9.17) is 0 Å². The summed E-state index contributed by atoms with van der Waals surface area (Å²) in [6.07, 6.45) is 3.31. The van der Waals surface area contributed by atoms with Crippen LogP contribution in [0.2, 0.25) is 0 Å². The molecule has 0 heterocycles. The SMILES string of the molecule is Oc1ccccc1C=Nc1ccccc1.Oc1ccccc1C=Nc1ccccc1.[Pd]. The van der Waals surface area contributed by atoms with Gasteiger partial charge in [0.15, 0.2) is 0 Å². The molecule has 0 aliphatic rings. The van der Waals surface area contributed by atoms with E-state index in [0.717, 1.165) is 22.5 Å². The molecule has 0 bridgehead atoms. The van der Waals surface area contributed by atoms with Gasteiger partial charge >= 0.3 is 0 Å². The van der Waals surface area contributed by atoms with Crippen molar-refractivity contribution in [2.45, 2.75) is 0 Å². The van der Waals surface area contributed by atoms with Gasteiger partial charge in [-0.25, -0.2) is 0 Å². The molecule has 0 saturated heterocycles. The minimum Gasteiger partial charge on any atom is -0.507 e. The van der Waals surface area contributed by atoms with E-state index in [1.807, 2.05) is 84.9 Å². The zero-order chi connectivity index (χ0) is 21.0. The minimum atomic E-state index is 0. The summed E-state index contributed by atoms with van der Waals surface area (Å²) in [5.41, 5.74) is 3.20. The fourth-order valence-corrected chi connectivity index (χ4v) is 2.51. The molecular formula is C26H22N2O2Pd. The molecule has 0 unspecified atom stereocenters. The van der Waals surface area contributed by atoms with Crippen LogP contribution < -0.4 is 0 Å². The predicted octanol–water partition coefficient (Wildman–Crippen LogP) is 6.28. The maximum atomic E-state index is 9.50. The smallest absolute Gasteiger partial charge is 0.124 e. The van der Waals surface area contributed by atoms with Crippen molar-refractivity contribution in [1.29, 1.82) is 0 Å². The molecule has 0 fully saturated rings. The number of phenolic OH excluding ortho intramolecular Hbond substituents is 2. The third-order valence-electron chi connectivity index (χ3n) is 4.09. The van der Waals surface area contributed by atoms with Crippen LogP contribution in [0.15, 0.2) is 119 Å². The molecule has 5 heteroatoms. The van der Waals surface area contributed by atoms with E-state index in [2.05, 4.69) is 9.98 Å². The first kappa shape index (κ1) is 23.8. The number of rotatable bonds is 4. The van der Waals surface area contributed by atoms with E-state index >= 15 is 0 Å². The van der Waals surface area contributed by atoms with E-state index < -0.39 is 0 Å². The van der Waals surface area contributed by atoms with Gasteiger partial charge in [-0.15, -0.1) is 0 Å². The first-order chi connectivity index (χ1) is 14.7. The summed E-state index contributed by atoms with van der Waals surface area (Å²) in [6, 6.07) is 33.5. The third kappa shape index (κ3) is 8.02. The molecule has 0 saturated carbocycles. The molecule has 0 atom stereocenters. The molecule has 0 aromatic heterocycles. The number of hydrogen-bond donors (Lipinski definition) is 2. The normalized spacial score (nSPS) is 10.3. The molecule has 158 valence electrons. The van der Waals surface area contributed by atoms with Crippen molar-refractivity contribution in [3.63, 3.8) is 0 Å². The first-order valence-corrected chi connectivity index (χ1v) is 9.46. The van der Waals surface area contributed by atoms with Gasteiger partial charge in [0, 0.05) is 44.0 Å². The molecule has 0 radical (unpaired) electrons. The summed E-state index contributed by atoms with van der Waals surface area (Å²) >= 11 is 0. The van der Waals surface area contributed by atoms with Crippen molar-refractivity contribution >= 4 is 23.8 Å². The van der Waals surface area contributed by atoms with E-state index in [0.29, 0.717) is 0 Å². The number of aliphatic imine (C=N–C) groups is 2. The van der Waals surface area contributed by atoms with Crippen molar-refractivity contribution in [2.24, 2.45) is 9.98 Å². The molecule has 0 amide bonds. The number of phenols is 2. The van der Waals surface area contributed by atoms with Crippen molar-refractivity contribution < 1.29 is 30.6 Å². The summed E-state index contributed by atoms with van der Waals surface area (Å²) in [5.74, 6) is 0.495. The number of nitrogens with zero attached hydrogens (tertiary/aromatic N) is 2. The van der Waals surface area contributed by atoms with Gasteiger partial charge < -0.3 is 10.2 Å². The Balaban J connectivity index is 0.000000213. The van der Waals surface area contributed by atoms with Gasteiger partial charge in [-0.3, -0.25) is 9.98 Å². The zero-order valence-corrected chi connectivity index (χ0v) is 18.2. The van der Waals surface area contributed by atoms with Crippen LogP contribution in [0, 0.1) is 0 Å². The van der Waals surface area contributed by atoms with Crippen LogP contribution in [0.5, 0.6) is 11.5 Å². The van der Waals surface area contributed by atoms with Gasteiger partial charge in [0.25, 0.3) is 0 Å². The monoisotopic (exact) mass is 500 g/mol. The van der Waals surface area contributed by atoms with Crippen LogP contribution in [-0.2, 0) is 20.4 Å². The Bertz CT molecular complexity index is 1020. The van der Waals surface area contributed by atoms with E-state index in [9.17, 15) is 10.2 Å². The Hall–Kier alpha value is -3.52. The maximum Gasteiger partial charge on any atom is 0.124 e. The predicted molar refractivity (Wildman–Crippen MR) is 124 cm³/mol. The number of aromatic hydroxyl groups is 2. The van der Waals surface area contributed by atoms with Crippen LogP contribution in [0.4, 0.5) is 11.4 Å². The fraction of sp³-hybridized carbons (Fsp3) is 0. The largest absolute Gasteiger partial charge is 0.507 e. The molecule has 0 aliphatic heterocycles. The first-order valence-electron chi connectivity index (χ1n) is 9.46. The summed E-state index contributed by atoms with van der Waals surface area (Å²) < 4.78 is 0. The van der Waals surface area contributed by atoms with Crippen molar-refractivity contribution in [3.8, 4) is 11.5 Å². The number of hydrogen-bond acceptors (Lipinski definition) is 4. The molecule has 4 rings (SSSR count). The van der Waals surface area contributed by atoms with Gasteiger partial charge in [0.05, 0.1) is 11.4 Å². The average Bonchev–Trinajstić information content (AvgIpc) is 2.80. The molecule has 4 aromatic carbocycles. The van der Waals surface area contributed by atoms with Crippen LogP contribution >= 0.6 is 0 Å². The van der Waals surface area contributed by atoms with Crippen molar-refractivity contribution in [2.75, 3.05) is 0 Å². The standard InChI is InChI=1S/2C13H11NO.Pd/c2*15-13-9-5-4-6-11(13)10-14-12-7-2-1-3-8-12;/h2*1-10,15H;. The summed E-state index contributed by atoms with van der Waals surface area (Å²) in [6.45, 7) is 0. The molecule has 0 aliphatic carbocycles. The second-order valence-electron chi connectivity index (χ2n) is 6.31. The topological polar surface area (TPSA) is 65.2 Å². The average molecular weight is 501 g/mol. The van der Waals surface area contributed by atoms with E-state index in [1.165, 1.54) is 0 Å². The second-order valence-corrected chi connectivity index (χ2v) is 6.31. The second kappa shape index (κ2) is 12.9. The summed E-state index contributed by atoms with van der Waals surface area (Å²) in [7, 11) is 0. The Morgan fingerprint density at radius 3 is 1.13 bits per heavy atom. The third-order valence-corrected chi connectivity index (χ3v) is 4.09. The molecular weight excluding hydrogens is 479 g/mol. The molecule has 0 spiro atoms. The van der Waals surface area contributed by atoms with Crippen LogP contribution in [-0.4, -0.2) is 22.6 Å². The van der Waals surface area contributed by atoms with Gasteiger partial charge in [0.2, 0.25) is 0 Å². The molecule has 4 nitrogen and oxygen atoms in total. The van der Waals surface area contributed by atoms with Gasteiger partial charge in [-0.05, 0) is 48.5 Å². The van der Waals surface area contributed by atoms with Gasteiger partial charge in [-0.1, -0.05) is 60.7 Å². The van der Waals surface area contributed by atoms with Crippen LogP contribution in [0.25, 0.3) is 0 Å². The van der Waals surface area contributed by atoms with Crippen molar-refractivity contribution in [3.05, 3.63) is 120 Å². The van der Waals surface area contributed by atoms with Crippen LogP contribution in [0.1, 0.15) is 11.1 Å². The molecule has 4 aromatic rings. The van der Waals surface area contributed by atoms with Gasteiger partial charge in [0.1, 0.15) is 11.5 Å². The maximum absolute atomic E-state index is 9.50. The Morgan fingerprint density at radius 1 is 0.452 bits per heavy atom. The summed E-state index contributed by atoms with van der Waals surface area (Å²) in [5, 5.41) is 19.0. The van der Waals surface area contributed by atoms with Crippen LogP contribution in [0.3, 0.4) is 0 Å². The molecule has 2 N–H and O–H groups in total. The minimum absolute atomic E-state index is 0. The van der Waals surface area contributed by atoms with E-state index in [1.54, 1.807) is 36.7 Å². The zero-order valence-electron chi connectivity index (χ0n) is 16.7. The van der Waals surface area contributed by atoms with Crippen molar-refractivity contribution in [1.82, 2.24) is 0 Å². The quantitative estimate of drug-likeness (QED) is 0.256. The summed E-state index contributed by atoms with van der Waals surface area (Å²) in [4.78, 5) is 8.50. The Kier molecular flexibility index (Phi) is 9.90. The Morgan fingerprint density at radius 2 is 0.774 bits per heavy atom.